The van der Waals surface area contributed by atoms with E-state index in [-0.39, 0.29) is 24.8 Å². The Balaban J connectivity index is 2.38. The van der Waals surface area contributed by atoms with Crippen molar-refractivity contribution < 1.29 is 14.3 Å². The minimum absolute atomic E-state index is 0.145. The Morgan fingerprint density at radius 2 is 2.35 bits per heavy atom. The van der Waals surface area contributed by atoms with Crippen molar-refractivity contribution in [3.8, 4) is 0 Å². The number of hydrogen-bond donors (Lipinski definition) is 2. The smallest absolute Gasteiger partial charge is 0.307 e. The highest BCUT2D eigenvalue weighted by molar-refractivity contribution is 5.92. The Morgan fingerprint density at radius 1 is 1.59 bits per heavy atom. The van der Waals surface area contributed by atoms with E-state index < -0.39 is 0 Å². The summed E-state index contributed by atoms with van der Waals surface area (Å²) in [5, 5.41) is 2.57. The number of aromatic nitrogens is 2. The number of carbonyl (C=O) groups excluding carboxylic acids is 2. The molecule has 1 amide bonds. The SMILES string of the molecule is COC(=O)CCNC(=O)c1cn(CCN)cn1. The maximum Gasteiger partial charge on any atom is 0.307 e. The molecule has 0 fully saturated rings. The molecule has 0 radical (unpaired) electrons. The first-order valence-electron chi connectivity index (χ1n) is 5.24. The summed E-state index contributed by atoms with van der Waals surface area (Å²) in [5.41, 5.74) is 5.68. The fraction of sp³-hybridized carbons (Fsp3) is 0.500. The average Bonchev–Trinajstić information content (AvgIpc) is 2.78. The van der Waals surface area contributed by atoms with Gasteiger partial charge >= 0.3 is 5.97 Å². The van der Waals surface area contributed by atoms with E-state index in [1.54, 1.807) is 17.1 Å². The van der Waals surface area contributed by atoms with Crippen LogP contribution in [0.3, 0.4) is 0 Å². The number of nitrogens with zero attached hydrogens (tertiary/aromatic N) is 2. The van der Waals surface area contributed by atoms with Gasteiger partial charge in [0.1, 0.15) is 5.69 Å². The zero-order chi connectivity index (χ0) is 12.7. The van der Waals surface area contributed by atoms with Gasteiger partial charge < -0.3 is 20.4 Å². The summed E-state index contributed by atoms with van der Waals surface area (Å²) in [6, 6.07) is 0. The molecule has 0 bridgehead atoms. The number of hydrogen-bond acceptors (Lipinski definition) is 5. The number of methoxy groups -OCH3 is 1. The Morgan fingerprint density at radius 3 is 3.00 bits per heavy atom. The minimum Gasteiger partial charge on any atom is -0.469 e. The van der Waals surface area contributed by atoms with Gasteiger partial charge in [-0.05, 0) is 0 Å². The van der Waals surface area contributed by atoms with Crippen LogP contribution in [0.2, 0.25) is 0 Å². The lowest BCUT2D eigenvalue weighted by Crippen LogP contribution is -2.26. The molecule has 7 nitrogen and oxygen atoms in total. The van der Waals surface area contributed by atoms with Crippen LogP contribution in [-0.4, -0.2) is 41.6 Å². The first kappa shape index (κ1) is 13.2. The van der Waals surface area contributed by atoms with Crippen LogP contribution >= 0.6 is 0 Å². The highest BCUT2D eigenvalue weighted by atomic mass is 16.5. The van der Waals surface area contributed by atoms with Crippen molar-refractivity contribution in [2.24, 2.45) is 5.73 Å². The van der Waals surface area contributed by atoms with Crippen molar-refractivity contribution in [2.75, 3.05) is 20.2 Å². The molecule has 0 saturated heterocycles. The van der Waals surface area contributed by atoms with Gasteiger partial charge in [0.15, 0.2) is 0 Å². The third kappa shape index (κ3) is 4.23. The molecule has 0 atom stereocenters. The van der Waals surface area contributed by atoms with E-state index in [9.17, 15) is 9.59 Å². The summed E-state index contributed by atoms with van der Waals surface area (Å²) in [6.07, 6.45) is 3.30. The van der Waals surface area contributed by atoms with Crippen LogP contribution in [0.4, 0.5) is 0 Å². The molecule has 0 unspecified atom stereocenters. The van der Waals surface area contributed by atoms with Crippen molar-refractivity contribution in [1.29, 1.82) is 0 Å². The van der Waals surface area contributed by atoms with Gasteiger partial charge in [0.25, 0.3) is 5.91 Å². The van der Waals surface area contributed by atoms with Crippen LogP contribution in [0, 0.1) is 0 Å². The number of amides is 1. The topological polar surface area (TPSA) is 99.2 Å². The van der Waals surface area contributed by atoms with Crippen LogP contribution < -0.4 is 11.1 Å². The van der Waals surface area contributed by atoms with Crippen molar-refractivity contribution in [1.82, 2.24) is 14.9 Å². The third-order valence-electron chi connectivity index (χ3n) is 2.10. The minimum atomic E-state index is -0.362. The van der Waals surface area contributed by atoms with Gasteiger partial charge in [-0.3, -0.25) is 9.59 Å². The molecule has 1 aromatic rings. The monoisotopic (exact) mass is 240 g/mol. The van der Waals surface area contributed by atoms with Gasteiger partial charge in [-0.2, -0.15) is 0 Å². The second-order valence-corrected chi connectivity index (χ2v) is 3.37. The van der Waals surface area contributed by atoms with Crippen molar-refractivity contribution in [3.63, 3.8) is 0 Å². The molecule has 1 rings (SSSR count). The van der Waals surface area contributed by atoms with Gasteiger partial charge in [-0.25, -0.2) is 4.98 Å². The van der Waals surface area contributed by atoms with Gasteiger partial charge in [-0.15, -0.1) is 0 Å². The predicted octanol–water partition coefficient (Wildman–Crippen LogP) is -0.865. The fourth-order valence-electron chi connectivity index (χ4n) is 1.22. The molecule has 0 aliphatic carbocycles. The molecule has 17 heavy (non-hydrogen) atoms. The Hall–Kier alpha value is -1.89. The number of imidazole rings is 1. The van der Waals surface area contributed by atoms with Crippen molar-refractivity contribution in [3.05, 3.63) is 18.2 Å². The second-order valence-electron chi connectivity index (χ2n) is 3.37. The number of carbonyl (C=O) groups is 2. The molecule has 94 valence electrons. The zero-order valence-corrected chi connectivity index (χ0v) is 9.68. The maximum atomic E-state index is 11.6. The number of ether oxygens (including phenoxy) is 1. The predicted molar refractivity (Wildman–Crippen MR) is 60.2 cm³/mol. The maximum absolute atomic E-state index is 11.6. The summed E-state index contributed by atoms with van der Waals surface area (Å²) in [6.45, 7) is 1.33. The molecule has 0 aliphatic rings. The van der Waals surface area contributed by atoms with Crippen molar-refractivity contribution >= 4 is 11.9 Å². The zero-order valence-electron chi connectivity index (χ0n) is 9.68. The number of esters is 1. The normalized spacial score (nSPS) is 10.0. The highest BCUT2D eigenvalue weighted by Gasteiger charge is 2.09. The van der Waals surface area contributed by atoms with E-state index in [2.05, 4.69) is 15.0 Å². The van der Waals surface area contributed by atoms with Gasteiger partial charge in [-0.1, -0.05) is 0 Å². The molecule has 0 saturated carbocycles. The summed E-state index contributed by atoms with van der Waals surface area (Å²) < 4.78 is 6.18. The first-order chi connectivity index (χ1) is 8.17. The second kappa shape index (κ2) is 6.64. The summed E-state index contributed by atoms with van der Waals surface area (Å²) in [4.78, 5) is 26.3. The lowest BCUT2D eigenvalue weighted by atomic mass is 10.4. The van der Waals surface area contributed by atoms with Crippen LogP contribution in [0.25, 0.3) is 0 Å². The summed E-state index contributed by atoms with van der Waals surface area (Å²) in [5.74, 6) is -0.677. The summed E-state index contributed by atoms with van der Waals surface area (Å²) in [7, 11) is 1.30. The standard InChI is InChI=1S/C10H16N4O3/c1-17-9(15)2-4-12-10(16)8-6-14(5-3-11)7-13-8/h6-7H,2-5,11H2,1H3,(H,12,16). The average molecular weight is 240 g/mol. The van der Waals surface area contributed by atoms with Gasteiger partial charge in [0.05, 0.1) is 19.9 Å². The Kier molecular flexibility index (Phi) is 5.15. The molecule has 7 heteroatoms. The van der Waals surface area contributed by atoms with E-state index in [0.717, 1.165) is 0 Å². The number of nitrogens with two attached hydrogens (primary N) is 1. The highest BCUT2D eigenvalue weighted by Crippen LogP contribution is 1.96. The molecule has 0 spiro atoms. The van der Waals surface area contributed by atoms with Crippen LogP contribution in [0.15, 0.2) is 12.5 Å². The lowest BCUT2D eigenvalue weighted by molar-refractivity contribution is -0.140. The molecular weight excluding hydrogens is 224 g/mol. The Bertz CT molecular complexity index is 389. The van der Waals surface area contributed by atoms with Crippen LogP contribution in [-0.2, 0) is 16.1 Å². The van der Waals surface area contributed by atoms with Crippen LogP contribution in [0.1, 0.15) is 16.9 Å². The van der Waals surface area contributed by atoms with E-state index in [4.69, 9.17) is 5.73 Å². The molecule has 0 aromatic carbocycles. The lowest BCUT2D eigenvalue weighted by Gasteiger charge is -2.01. The summed E-state index contributed by atoms with van der Waals surface area (Å²) >= 11 is 0. The van der Waals surface area contributed by atoms with E-state index in [0.29, 0.717) is 18.8 Å². The quantitative estimate of drug-likeness (QED) is 0.630. The number of nitrogens with one attached hydrogen (secondary N) is 1. The first-order valence-corrected chi connectivity index (χ1v) is 5.24. The fourth-order valence-corrected chi connectivity index (χ4v) is 1.22. The van der Waals surface area contributed by atoms with Gasteiger partial charge in [0.2, 0.25) is 0 Å². The van der Waals surface area contributed by atoms with Gasteiger partial charge in [0, 0.05) is 25.8 Å². The van der Waals surface area contributed by atoms with E-state index in [1.165, 1.54) is 7.11 Å². The van der Waals surface area contributed by atoms with Crippen molar-refractivity contribution in [2.45, 2.75) is 13.0 Å². The molecular formula is C10H16N4O3. The van der Waals surface area contributed by atoms with E-state index >= 15 is 0 Å². The van der Waals surface area contributed by atoms with Crippen LogP contribution in [0.5, 0.6) is 0 Å². The third-order valence-corrected chi connectivity index (χ3v) is 2.10. The molecule has 1 heterocycles. The van der Waals surface area contributed by atoms with E-state index in [1.807, 2.05) is 0 Å². The number of rotatable bonds is 6. The molecule has 1 aromatic heterocycles. The molecule has 3 N–H and O–H groups in total. The largest absolute Gasteiger partial charge is 0.469 e. The molecule has 0 aliphatic heterocycles. The Labute approximate surface area is 99.0 Å².